The van der Waals surface area contributed by atoms with E-state index in [4.69, 9.17) is 9.84 Å². The van der Waals surface area contributed by atoms with E-state index in [1.165, 1.54) is 0 Å². The molecule has 0 aliphatic rings. The number of carbonyl (C=O) groups is 1. The fourth-order valence-corrected chi connectivity index (χ4v) is 2.19. The Balaban J connectivity index is 3.44. The number of aliphatic hydroxyl groups is 1. The molecule has 0 aromatic carbocycles. The van der Waals surface area contributed by atoms with Crippen LogP contribution in [0.5, 0.6) is 0 Å². The molecular formula is C10H20O3S. The number of ether oxygens (including phenoxy) is 1. The smallest absolute Gasteiger partial charge is 0.121 e. The average Bonchev–Trinajstić information content (AvgIpc) is 2.17. The molecule has 0 aliphatic heterocycles. The van der Waals surface area contributed by atoms with E-state index in [1.807, 2.05) is 13.8 Å². The number of aliphatic hydroxyl groups excluding tert-OH is 1. The van der Waals surface area contributed by atoms with Crippen molar-refractivity contribution in [3.63, 3.8) is 0 Å². The van der Waals surface area contributed by atoms with Crippen molar-refractivity contribution in [1.29, 1.82) is 0 Å². The minimum absolute atomic E-state index is 0.0568. The van der Waals surface area contributed by atoms with Crippen LogP contribution in [0.3, 0.4) is 0 Å². The van der Waals surface area contributed by atoms with Crippen molar-refractivity contribution in [2.45, 2.75) is 38.0 Å². The molecular weight excluding hydrogens is 200 g/mol. The van der Waals surface area contributed by atoms with Crippen LogP contribution >= 0.6 is 11.8 Å². The van der Waals surface area contributed by atoms with Gasteiger partial charge in [-0.05, 0) is 26.0 Å². The van der Waals surface area contributed by atoms with E-state index in [-0.39, 0.29) is 18.0 Å². The van der Waals surface area contributed by atoms with E-state index in [9.17, 15) is 4.79 Å². The van der Waals surface area contributed by atoms with E-state index < -0.39 is 0 Å². The molecule has 0 aromatic rings. The second-order valence-corrected chi connectivity index (χ2v) is 4.54. The molecule has 0 aromatic heterocycles. The summed E-state index contributed by atoms with van der Waals surface area (Å²) in [6, 6.07) is 0. The second kappa shape index (κ2) is 9.49. The summed E-state index contributed by atoms with van der Waals surface area (Å²) in [4.78, 5) is 10.2. The summed E-state index contributed by atoms with van der Waals surface area (Å²) < 4.78 is 5.37. The van der Waals surface area contributed by atoms with Gasteiger partial charge in [-0.15, -0.1) is 0 Å². The Bertz CT molecular complexity index is 141. The molecule has 84 valence electrons. The summed E-state index contributed by atoms with van der Waals surface area (Å²) in [6.07, 6.45) is 2.53. The molecule has 3 nitrogen and oxygen atoms in total. The SMILES string of the molecule is CCOC(C)CCSC(CO)CC=O. The van der Waals surface area contributed by atoms with Crippen LogP contribution in [0.15, 0.2) is 0 Å². The van der Waals surface area contributed by atoms with Gasteiger partial charge in [0.05, 0.1) is 12.7 Å². The van der Waals surface area contributed by atoms with Gasteiger partial charge in [-0.1, -0.05) is 0 Å². The van der Waals surface area contributed by atoms with Crippen LogP contribution in [0.2, 0.25) is 0 Å². The number of hydrogen-bond donors (Lipinski definition) is 1. The third-order valence-electron chi connectivity index (χ3n) is 1.89. The highest BCUT2D eigenvalue weighted by Gasteiger charge is 2.08. The van der Waals surface area contributed by atoms with Crippen molar-refractivity contribution in [1.82, 2.24) is 0 Å². The van der Waals surface area contributed by atoms with Crippen LogP contribution < -0.4 is 0 Å². The third-order valence-corrected chi connectivity index (χ3v) is 3.18. The van der Waals surface area contributed by atoms with Gasteiger partial charge in [0.25, 0.3) is 0 Å². The van der Waals surface area contributed by atoms with Crippen molar-refractivity contribution in [3.05, 3.63) is 0 Å². The molecule has 2 unspecified atom stereocenters. The van der Waals surface area contributed by atoms with Gasteiger partial charge in [-0.25, -0.2) is 0 Å². The summed E-state index contributed by atoms with van der Waals surface area (Å²) in [5.41, 5.74) is 0. The first kappa shape index (κ1) is 13.9. The van der Waals surface area contributed by atoms with Crippen molar-refractivity contribution >= 4 is 18.0 Å². The molecule has 0 aliphatic carbocycles. The van der Waals surface area contributed by atoms with Crippen LogP contribution in [-0.4, -0.2) is 41.7 Å². The zero-order valence-corrected chi connectivity index (χ0v) is 9.76. The monoisotopic (exact) mass is 220 g/mol. The number of aldehydes is 1. The average molecular weight is 220 g/mol. The maximum Gasteiger partial charge on any atom is 0.121 e. The Labute approximate surface area is 90.2 Å². The molecule has 0 saturated heterocycles. The van der Waals surface area contributed by atoms with E-state index in [0.29, 0.717) is 6.42 Å². The fraction of sp³-hybridized carbons (Fsp3) is 0.900. The molecule has 14 heavy (non-hydrogen) atoms. The predicted molar refractivity (Wildman–Crippen MR) is 59.7 cm³/mol. The number of rotatable bonds is 9. The van der Waals surface area contributed by atoms with Crippen molar-refractivity contribution in [3.8, 4) is 0 Å². The van der Waals surface area contributed by atoms with E-state index >= 15 is 0 Å². The zero-order chi connectivity index (χ0) is 10.8. The molecule has 0 rings (SSSR count). The highest BCUT2D eigenvalue weighted by atomic mass is 32.2. The van der Waals surface area contributed by atoms with Gasteiger partial charge in [-0.2, -0.15) is 11.8 Å². The highest BCUT2D eigenvalue weighted by molar-refractivity contribution is 7.99. The van der Waals surface area contributed by atoms with E-state index in [0.717, 1.165) is 25.1 Å². The first-order valence-electron chi connectivity index (χ1n) is 5.02. The van der Waals surface area contributed by atoms with Gasteiger partial charge in [0, 0.05) is 18.3 Å². The van der Waals surface area contributed by atoms with Gasteiger partial charge in [0.1, 0.15) is 6.29 Å². The molecule has 1 N–H and O–H groups in total. The fourth-order valence-electron chi connectivity index (χ4n) is 1.07. The minimum Gasteiger partial charge on any atom is -0.395 e. The molecule has 0 amide bonds. The predicted octanol–water partition coefficient (Wildman–Crippen LogP) is 1.48. The molecule has 0 bridgehead atoms. The van der Waals surface area contributed by atoms with Crippen molar-refractivity contribution < 1.29 is 14.6 Å². The normalized spacial score (nSPS) is 15.1. The summed E-state index contributed by atoms with van der Waals surface area (Å²) in [5, 5.41) is 8.97. The maximum atomic E-state index is 10.2. The van der Waals surface area contributed by atoms with Crippen LogP contribution in [0, 0.1) is 0 Å². The Kier molecular flexibility index (Phi) is 9.45. The van der Waals surface area contributed by atoms with E-state index in [1.54, 1.807) is 11.8 Å². The molecule has 0 spiro atoms. The summed E-state index contributed by atoms with van der Waals surface area (Å²) in [7, 11) is 0. The van der Waals surface area contributed by atoms with Gasteiger partial charge in [0.15, 0.2) is 0 Å². The Hall–Kier alpha value is -0.0600. The molecule has 4 heteroatoms. The highest BCUT2D eigenvalue weighted by Crippen LogP contribution is 2.15. The van der Waals surface area contributed by atoms with Gasteiger partial charge in [-0.3, -0.25) is 0 Å². The Morgan fingerprint density at radius 3 is 2.79 bits per heavy atom. The first-order chi connectivity index (χ1) is 6.74. The van der Waals surface area contributed by atoms with Gasteiger partial charge in [0.2, 0.25) is 0 Å². The maximum absolute atomic E-state index is 10.2. The third kappa shape index (κ3) is 7.35. The lowest BCUT2D eigenvalue weighted by molar-refractivity contribution is -0.107. The minimum atomic E-state index is 0.0568. The summed E-state index contributed by atoms with van der Waals surface area (Å²) in [5.74, 6) is 0.931. The van der Waals surface area contributed by atoms with Crippen LogP contribution in [0.25, 0.3) is 0 Å². The molecule has 0 heterocycles. The number of hydrogen-bond acceptors (Lipinski definition) is 4. The van der Waals surface area contributed by atoms with E-state index in [2.05, 4.69) is 0 Å². The van der Waals surface area contributed by atoms with Crippen LogP contribution in [0.4, 0.5) is 0 Å². The van der Waals surface area contributed by atoms with Gasteiger partial charge >= 0.3 is 0 Å². The van der Waals surface area contributed by atoms with Crippen molar-refractivity contribution in [2.24, 2.45) is 0 Å². The lowest BCUT2D eigenvalue weighted by Gasteiger charge is -2.13. The number of thioether (sulfide) groups is 1. The molecule has 0 fully saturated rings. The number of carbonyl (C=O) groups excluding carboxylic acids is 1. The summed E-state index contributed by atoms with van der Waals surface area (Å²) >= 11 is 1.64. The lowest BCUT2D eigenvalue weighted by atomic mass is 10.3. The lowest BCUT2D eigenvalue weighted by Crippen LogP contribution is -2.13. The van der Waals surface area contributed by atoms with Crippen molar-refractivity contribution in [2.75, 3.05) is 19.0 Å². The molecule has 0 radical (unpaired) electrons. The largest absolute Gasteiger partial charge is 0.395 e. The summed E-state index contributed by atoms with van der Waals surface area (Å²) in [6.45, 7) is 4.83. The van der Waals surface area contributed by atoms with Crippen LogP contribution in [-0.2, 0) is 9.53 Å². The Morgan fingerprint density at radius 2 is 2.29 bits per heavy atom. The van der Waals surface area contributed by atoms with Gasteiger partial charge < -0.3 is 14.6 Å². The topological polar surface area (TPSA) is 46.5 Å². The Morgan fingerprint density at radius 1 is 1.57 bits per heavy atom. The van der Waals surface area contributed by atoms with Crippen LogP contribution in [0.1, 0.15) is 26.7 Å². The standard InChI is InChI=1S/C10H20O3S/c1-3-13-9(2)5-7-14-10(8-12)4-6-11/h6,9-10,12H,3-5,7-8H2,1-2H3. The molecule has 2 atom stereocenters. The first-order valence-corrected chi connectivity index (χ1v) is 6.07. The quantitative estimate of drug-likeness (QED) is 0.598. The second-order valence-electron chi connectivity index (χ2n) is 3.13. The zero-order valence-electron chi connectivity index (χ0n) is 8.94. The molecule has 0 saturated carbocycles.